The van der Waals surface area contributed by atoms with E-state index in [-0.39, 0.29) is 17.8 Å². The fourth-order valence-electron chi connectivity index (χ4n) is 2.70. The van der Waals surface area contributed by atoms with Crippen LogP contribution < -0.4 is 4.74 Å². The van der Waals surface area contributed by atoms with Crippen molar-refractivity contribution < 1.29 is 14.3 Å². The van der Waals surface area contributed by atoms with Crippen LogP contribution >= 0.6 is 0 Å². The van der Waals surface area contributed by atoms with Crippen molar-refractivity contribution in [3.8, 4) is 5.75 Å². The van der Waals surface area contributed by atoms with Crippen LogP contribution in [0.5, 0.6) is 5.75 Å². The maximum Gasteiger partial charge on any atom is 0.144 e. The zero-order chi connectivity index (χ0) is 14.0. The molecule has 2 heterocycles. The van der Waals surface area contributed by atoms with E-state index in [1.54, 1.807) is 13.3 Å². The highest BCUT2D eigenvalue weighted by atomic mass is 16.5. The first-order chi connectivity index (χ1) is 9.04. The van der Waals surface area contributed by atoms with Gasteiger partial charge in [0.15, 0.2) is 0 Å². The van der Waals surface area contributed by atoms with E-state index in [2.05, 4.69) is 4.98 Å². The average molecular weight is 263 g/mol. The highest BCUT2D eigenvalue weighted by Crippen LogP contribution is 2.27. The standard InChI is InChI=1S/C15H21NO3/c1-9-8-16-13(10(2)15(9)18-4)7-14(17)12-5-6-19-11(12)3/h8,11-12H,5-7H2,1-4H3. The largest absolute Gasteiger partial charge is 0.496 e. The fourth-order valence-corrected chi connectivity index (χ4v) is 2.70. The first-order valence-corrected chi connectivity index (χ1v) is 6.68. The topological polar surface area (TPSA) is 48.4 Å². The van der Waals surface area contributed by atoms with Gasteiger partial charge in [-0.05, 0) is 27.2 Å². The van der Waals surface area contributed by atoms with E-state index in [4.69, 9.17) is 9.47 Å². The number of rotatable bonds is 4. The third-order valence-electron chi connectivity index (χ3n) is 3.88. The van der Waals surface area contributed by atoms with Gasteiger partial charge in [-0.3, -0.25) is 9.78 Å². The van der Waals surface area contributed by atoms with Crippen molar-refractivity contribution in [3.05, 3.63) is 23.0 Å². The summed E-state index contributed by atoms with van der Waals surface area (Å²) in [6.45, 7) is 6.56. The lowest BCUT2D eigenvalue weighted by atomic mass is 9.93. The van der Waals surface area contributed by atoms with Gasteiger partial charge in [-0.2, -0.15) is 0 Å². The lowest BCUT2D eigenvalue weighted by Crippen LogP contribution is -2.24. The molecule has 0 amide bonds. The average Bonchev–Trinajstić information content (AvgIpc) is 2.80. The maximum atomic E-state index is 12.3. The number of ether oxygens (including phenoxy) is 2. The molecule has 1 aliphatic heterocycles. The summed E-state index contributed by atoms with van der Waals surface area (Å²) in [6.07, 6.45) is 2.98. The smallest absolute Gasteiger partial charge is 0.144 e. The van der Waals surface area contributed by atoms with E-state index in [9.17, 15) is 4.79 Å². The van der Waals surface area contributed by atoms with Crippen LogP contribution in [0.3, 0.4) is 0 Å². The molecule has 4 nitrogen and oxygen atoms in total. The van der Waals surface area contributed by atoms with E-state index < -0.39 is 0 Å². The molecule has 2 unspecified atom stereocenters. The number of pyridine rings is 1. The van der Waals surface area contributed by atoms with Gasteiger partial charge < -0.3 is 9.47 Å². The van der Waals surface area contributed by atoms with Crippen molar-refractivity contribution >= 4 is 5.78 Å². The lowest BCUT2D eigenvalue weighted by molar-refractivity contribution is -0.123. The fraction of sp³-hybridized carbons (Fsp3) is 0.600. The Morgan fingerprint density at radius 3 is 2.84 bits per heavy atom. The van der Waals surface area contributed by atoms with Crippen molar-refractivity contribution in [1.29, 1.82) is 0 Å². The second-order valence-electron chi connectivity index (χ2n) is 5.16. The molecule has 0 aliphatic carbocycles. The predicted molar refractivity (Wildman–Crippen MR) is 72.5 cm³/mol. The van der Waals surface area contributed by atoms with Crippen molar-refractivity contribution in [2.24, 2.45) is 5.92 Å². The number of hydrogen-bond acceptors (Lipinski definition) is 4. The lowest BCUT2D eigenvalue weighted by Gasteiger charge is -2.15. The summed E-state index contributed by atoms with van der Waals surface area (Å²) in [7, 11) is 1.65. The third kappa shape index (κ3) is 2.78. The molecule has 1 fully saturated rings. The van der Waals surface area contributed by atoms with E-state index in [0.29, 0.717) is 13.0 Å². The number of nitrogens with zero attached hydrogens (tertiary/aromatic N) is 1. The number of Topliss-reactive ketones (excluding diaryl/α,β-unsaturated/α-hetero) is 1. The van der Waals surface area contributed by atoms with Gasteiger partial charge in [-0.25, -0.2) is 0 Å². The second-order valence-corrected chi connectivity index (χ2v) is 5.16. The number of aryl methyl sites for hydroxylation is 1. The molecule has 0 N–H and O–H groups in total. The molecule has 1 saturated heterocycles. The number of carbonyl (C=O) groups excluding carboxylic acids is 1. The zero-order valence-corrected chi connectivity index (χ0v) is 12.0. The summed E-state index contributed by atoms with van der Waals surface area (Å²) in [6, 6.07) is 0. The minimum absolute atomic E-state index is 0.00787. The van der Waals surface area contributed by atoms with Gasteiger partial charge in [0, 0.05) is 36.3 Å². The van der Waals surface area contributed by atoms with Crippen LogP contribution in [-0.4, -0.2) is 30.6 Å². The Morgan fingerprint density at radius 2 is 2.26 bits per heavy atom. The normalized spacial score (nSPS) is 22.5. The monoisotopic (exact) mass is 263 g/mol. The van der Waals surface area contributed by atoms with Crippen molar-refractivity contribution in [2.45, 2.75) is 39.7 Å². The molecule has 104 valence electrons. The van der Waals surface area contributed by atoms with Crippen LogP contribution in [0.4, 0.5) is 0 Å². The summed E-state index contributed by atoms with van der Waals surface area (Å²) < 4.78 is 10.8. The molecule has 19 heavy (non-hydrogen) atoms. The van der Waals surface area contributed by atoms with E-state index >= 15 is 0 Å². The Labute approximate surface area is 114 Å². The molecule has 0 radical (unpaired) electrons. The Morgan fingerprint density at radius 1 is 1.53 bits per heavy atom. The number of ketones is 1. The molecule has 1 aliphatic rings. The molecule has 2 rings (SSSR count). The van der Waals surface area contributed by atoms with Crippen LogP contribution in [0.1, 0.15) is 30.2 Å². The first-order valence-electron chi connectivity index (χ1n) is 6.68. The van der Waals surface area contributed by atoms with Crippen molar-refractivity contribution in [3.63, 3.8) is 0 Å². The Bertz CT molecular complexity index is 485. The van der Waals surface area contributed by atoms with Gasteiger partial charge in [-0.1, -0.05) is 0 Å². The van der Waals surface area contributed by atoms with Crippen molar-refractivity contribution in [1.82, 2.24) is 4.98 Å². The highest BCUT2D eigenvalue weighted by molar-refractivity contribution is 5.84. The van der Waals surface area contributed by atoms with Crippen LogP contribution in [0.15, 0.2) is 6.20 Å². The van der Waals surface area contributed by atoms with Crippen LogP contribution in [0.25, 0.3) is 0 Å². The van der Waals surface area contributed by atoms with E-state index in [1.807, 2.05) is 20.8 Å². The molecular weight excluding hydrogens is 242 g/mol. The van der Waals surface area contributed by atoms with Crippen LogP contribution in [0, 0.1) is 19.8 Å². The quantitative estimate of drug-likeness (QED) is 0.836. The van der Waals surface area contributed by atoms with Crippen molar-refractivity contribution in [2.75, 3.05) is 13.7 Å². The highest BCUT2D eigenvalue weighted by Gasteiger charge is 2.31. The van der Waals surface area contributed by atoms with Crippen LogP contribution in [0.2, 0.25) is 0 Å². The molecule has 0 aromatic carbocycles. The predicted octanol–water partition coefficient (Wildman–Crippen LogP) is 2.24. The zero-order valence-electron chi connectivity index (χ0n) is 12.0. The van der Waals surface area contributed by atoms with Gasteiger partial charge in [-0.15, -0.1) is 0 Å². The molecule has 0 saturated carbocycles. The molecule has 0 bridgehead atoms. The van der Waals surface area contributed by atoms with Gasteiger partial charge in [0.2, 0.25) is 0 Å². The first kappa shape index (κ1) is 14.0. The molecule has 1 aromatic rings. The summed E-state index contributed by atoms with van der Waals surface area (Å²) >= 11 is 0. The Hall–Kier alpha value is -1.42. The Balaban J connectivity index is 2.17. The number of aromatic nitrogens is 1. The third-order valence-corrected chi connectivity index (χ3v) is 3.88. The van der Waals surface area contributed by atoms with Crippen LogP contribution in [-0.2, 0) is 16.0 Å². The molecule has 4 heteroatoms. The number of hydrogen-bond donors (Lipinski definition) is 0. The Kier molecular flexibility index (Phi) is 4.20. The van der Waals surface area contributed by atoms with Gasteiger partial charge in [0.1, 0.15) is 11.5 Å². The van der Waals surface area contributed by atoms with Gasteiger partial charge in [0.05, 0.1) is 18.9 Å². The number of methoxy groups -OCH3 is 1. The second kappa shape index (κ2) is 5.70. The van der Waals surface area contributed by atoms with Gasteiger partial charge >= 0.3 is 0 Å². The summed E-state index contributed by atoms with van der Waals surface area (Å²) in [5.41, 5.74) is 2.77. The van der Waals surface area contributed by atoms with E-state index in [0.717, 1.165) is 29.0 Å². The van der Waals surface area contributed by atoms with Gasteiger partial charge in [0.25, 0.3) is 0 Å². The maximum absolute atomic E-state index is 12.3. The summed E-state index contributed by atoms with van der Waals surface area (Å²) in [5, 5.41) is 0. The molecular formula is C15H21NO3. The minimum atomic E-state index is 0.00787. The molecule has 0 spiro atoms. The number of carbonyl (C=O) groups is 1. The minimum Gasteiger partial charge on any atom is -0.496 e. The summed E-state index contributed by atoms with van der Waals surface area (Å²) in [5.74, 6) is 1.05. The van der Waals surface area contributed by atoms with E-state index in [1.165, 1.54) is 0 Å². The summed E-state index contributed by atoms with van der Waals surface area (Å²) in [4.78, 5) is 16.7. The molecule has 2 atom stereocenters. The SMILES string of the molecule is COc1c(C)cnc(CC(=O)C2CCOC2C)c1C. The molecule has 1 aromatic heterocycles.